The number of esters is 1. The fourth-order valence-electron chi connectivity index (χ4n) is 2.27. The molecule has 0 radical (unpaired) electrons. The minimum Gasteiger partial charge on any atom is -0.464 e. The van der Waals surface area contributed by atoms with Crippen molar-refractivity contribution in [2.24, 2.45) is 0 Å². The normalized spacial score (nSPS) is 16.3. The monoisotopic (exact) mass is 358 g/mol. The molecule has 23 heavy (non-hydrogen) atoms. The van der Waals surface area contributed by atoms with Crippen molar-refractivity contribution in [3.05, 3.63) is 24.3 Å². The van der Waals surface area contributed by atoms with E-state index in [0.29, 0.717) is 6.61 Å². The highest BCUT2D eigenvalue weighted by Crippen LogP contribution is 2.36. The van der Waals surface area contributed by atoms with Crippen LogP contribution in [0.5, 0.6) is 0 Å². The van der Waals surface area contributed by atoms with Gasteiger partial charge in [-0.25, -0.2) is 0 Å². The van der Waals surface area contributed by atoms with Crippen molar-refractivity contribution in [1.29, 1.82) is 0 Å². The van der Waals surface area contributed by atoms with Crippen LogP contribution >= 0.6 is 24.2 Å². The van der Waals surface area contributed by atoms with Gasteiger partial charge in [-0.3, -0.25) is 9.59 Å². The van der Waals surface area contributed by atoms with Crippen molar-refractivity contribution < 1.29 is 14.3 Å². The quantitative estimate of drug-likeness (QED) is 0.759. The first kappa shape index (κ1) is 19.8. The molecule has 0 saturated heterocycles. The van der Waals surface area contributed by atoms with E-state index in [2.05, 4.69) is 24.1 Å². The number of amides is 1. The predicted molar refractivity (Wildman–Crippen MR) is 95.3 cm³/mol. The molecule has 1 atom stereocenters. The first-order chi connectivity index (χ1) is 10.6. The first-order valence-electron chi connectivity index (χ1n) is 7.58. The molecule has 1 unspecified atom stereocenters. The summed E-state index contributed by atoms with van der Waals surface area (Å²) in [5, 5.41) is 2.41. The van der Waals surface area contributed by atoms with Crippen LogP contribution in [0.25, 0.3) is 0 Å². The van der Waals surface area contributed by atoms with Crippen LogP contribution in [0.4, 0.5) is 5.69 Å². The number of hydrogen-bond donors (Lipinski definition) is 1. The summed E-state index contributed by atoms with van der Waals surface area (Å²) in [6, 6.07) is 7.60. The maximum absolute atomic E-state index is 12.0. The van der Waals surface area contributed by atoms with Crippen molar-refractivity contribution >= 4 is 41.7 Å². The fraction of sp³-hybridized carbons (Fsp3) is 0.500. The lowest BCUT2D eigenvalue weighted by Gasteiger charge is -2.23. The maximum atomic E-state index is 12.0. The van der Waals surface area contributed by atoms with E-state index in [0.717, 1.165) is 30.2 Å². The summed E-state index contributed by atoms with van der Waals surface area (Å²) in [7, 11) is 0. The van der Waals surface area contributed by atoms with Gasteiger partial charge in [-0.15, -0.1) is 24.2 Å². The summed E-state index contributed by atoms with van der Waals surface area (Å²) in [6.07, 6.45) is 0.100. The van der Waals surface area contributed by atoms with Gasteiger partial charge in [0.2, 0.25) is 5.91 Å². The molecule has 1 aliphatic rings. The van der Waals surface area contributed by atoms with Gasteiger partial charge in [0, 0.05) is 11.4 Å². The van der Waals surface area contributed by atoms with Crippen LogP contribution in [0.1, 0.15) is 20.3 Å². The summed E-state index contributed by atoms with van der Waals surface area (Å²) in [5.41, 5.74) is 0.809. The van der Waals surface area contributed by atoms with E-state index in [4.69, 9.17) is 4.74 Å². The highest BCUT2D eigenvalue weighted by atomic mass is 35.5. The van der Waals surface area contributed by atoms with Crippen molar-refractivity contribution in [1.82, 2.24) is 4.90 Å². The fourth-order valence-corrected chi connectivity index (χ4v) is 3.36. The SMILES string of the molecule is CCN(CC)CCOC(=O)CC1Sc2ccccc2NC1=O.Cl. The molecule has 0 spiro atoms. The molecule has 128 valence electrons. The van der Waals surface area contributed by atoms with Crippen molar-refractivity contribution in [3.8, 4) is 0 Å². The lowest BCUT2D eigenvalue weighted by atomic mass is 10.2. The summed E-state index contributed by atoms with van der Waals surface area (Å²) in [4.78, 5) is 27.1. The number of para-hydroxylation sites is 1. The number of nitrogens with one attached hydrogen (secondary N) is 1. The Kier molecular flexibility index (Phi) is 8.44. The Hall–Kier alpha value is -1.24. The van der Waals surface area contributed by atoms with E-state index in [1.54, 1.807) is 0 Å². The molecule has 0 bridgehead atoms. The molecule has 1 aromatic carbocycles. The molecule has 1 amide bonds. The van der Waals surface area contributed by atoms with E-state index in [9.17, 15) is 9.59 Å². The second-order valence-corrected chi connectivity index (χ2v) is 6.29. The predicted octanol–water partition coefficient (Wildman–Crippen LogP) is 2.80. The number of rotatable bonds is 7. The average molecular weight is 359 g/mol. The van der Waals surface area contributed by atoms with Crippen LogP contribution < -0.4 is 5.32 Å². The molecular formula is C16H23ClN2O3S. The topological polar surface area (TPSA) is 58.6 Å². The van der Waals surface area contributed by atoms with Crippen LogP contribution in [0.15, 0.2) is 29.2 Å². The van der Waals surface area contributed by atoms with E-state index in [-0.39, 0.29) is 30.7 Å². The highest BCUT2D eigenvalue weighted by Gasteiger charge is 2.29. The molecule has 1 N–H and O–H groups in total. The van der Waals surface area contributed by atoms with Gasteiger partial charge in [0.25, 0.3) is 0 Å². The van der Waals surface area contributed by atoms with Crippen molar-refractivity contribution in [3.63, 3.8) is 0 Å². The van der Waals surface area contributed by atoms with Crippen LogP contribution in [-0.4, -0.2) is 48.3 Å². The number of anilines is 1. The number of fused-ring (bicyclic) bond motifs is 1. The Bertz CT molecular complexity index is 538. The second-order valence-electron chi connectivity index (χ2n) is 5.04. The minimum absolute atomic E-state index is 0. The molecule has 0 saturated carbocycles. The van der Waals surface area contributed by atoms with Gasteiger partial charge in [-0.1, -0.05) is 26.0 Å². The first-order valence-corrected chi connectivity index (χ1v) is 8.46. The molecule has 0 aromatic heterocycles. The van der Waals surface area contributed by atoms with Crippen molar-refractivity contribution in [2.75, 3.05) is 31.6 Å². The summed E-state index contributed by atoms with van der Waals surface area (Å²) in [6.45, 7) is 7.12. The number of carbonyl (C=O) groups is 2. The highest BCUT2D eigenvalue weighted by molar-refractivity contribution is 8.01. The van der Waals surface area contributed by atoms with Crippen molar-refractivity contribution in [2.45, 2.75) is 30.4 Å². The number of hydrogen-bond acceptors (Lipinski definition) is 5. The number of carbonyl (C=O) groups excluding carboxylic acids is 2. The van der Waals surface area contributed by atoms with Gasteiger partial charge < -0.3 is 15.0 Å². The number of ether oxygens (including phenoxy) is 1. The van der Waals surface area contributed by atoms with Gasteiger partial charge in [0.15, 0.2) is 0 Å². The second kappa shape index (κ2) is 9.80. The number of nitrogens with zero attached hydrogens (tertiary/aromatic N) is 1. The van der Waals surface area contributed by atoms with Gasteiger partial charge in [-0.2, -0.15) is 0 Å². The molecule has 1 aliphatic heterocycles. The molecule has 0 aliphatic carbocycles. The Balaban J connectivity index is 0.00000264. The smallest absolute Gasteiger partial charge is 0.307 e. The number of thioether (sulfide) groups is 1. The number of halogens is 1. The zero-order valence-corrected chi connectivity index (χ0v) is 15.0. The standard InChI is InChI=1S/C16H22N2O3S.ClH/c1-3-18(4-2)9-10-21-15(19)11-14-16(20)17-12-7-5-6-8-13(12)22-14;/h5-8,14H,3-4,9-11H2,1-2H3,(H,17,20);1H. The number of benzene rings is 1. The van der Waals surface area contributed by atoms with Crippen LogP contribution in [0.2, 0.25) is 0 Å². The third-order valence-electron chi connectivity index (χ3n) is 3.62. The lowest BCUT2D eigenvalue weighted by molar-refractivity contribution is -0.144. The van der Waals surface area contributed by atoms with E-state index in [1.807, 2.05) is 24.3 Å². The Labute approximate surface area is 147 Å². The maximum Gasteiger partial charge on any atom is 0.307 e. The van der Waals surface area contributed by atoms with Gasteiger partial charge >= 0.3 is 5.97 Å². The van der Waals surface area contributed by atoms with Crippen LogP contribution in [0, 0.1) is 0 Å². The largest absolute Gasteiger partial charge is 0.464 e. The molecule has 7 heteroatoms. The molecular weight excluding hydrogens is 336 g/mol. The summed E-state index contributed by atoms with van der Waals surface area (Å²) in [5.74, 6) is -0.455. The van der Waals surface area contributed by atoms with Gasteiger partial charge in [0.1, 0.15) is 6.61 Å². The van der Waals surface area contributed by atoms with Crippen LogP contribution in [-0.2, 0) is 14.3 Å². The van der Waals surface area contributed by atoms with E-state index < -0.39 is 5.25 Å². The Morgan fingerprint density at radius 2 is 2.00 bits per heavy atom. The molecule has 0 fully saturated rings. The number of likely N-dealkylation sites (N-methyl/N-ethyl adjacent to an activating group) is 1. The Morgan fingerprint density at radius 1 is 1.30 bits per heavy atom. The molecule has 1 aromatic rings. The third kappa shape index (κ3) is 5.71. The summed E-state index contributed by atoms with van der Waals surface area (Å²) >= 11 is 1.42. The zero-order valence-electron chi connectivity index (χ0n) is 13.4. The van der Waals surface area contributed by atoms with Gasteiger partial charge in [-0.05, 0) is 25.2 Å². The van der Waals surface area contributed by atoms with E-state index in [1.165, 1.54) is 11.8 Å². The molecule has 5 nitrogen and oxygen atoms in total. The third-order valence-corrected chi connectivity index (χ3v) is 4.90. The van der Waals surface area contributed by atoms with Crippen LogP contribution in [0.3, 0.4) is 0 Å². The summed E-state index contributed by atoms with van der Waals surface area (Å²) < 4.78 is 5.24. The minimum atomic E-state index is -0.421. The lowest BCUT2D eigenvalue weighted by Crippen LogP contribution is -2.32. The zero-order chi connectivity index (χ0) is 15.9. The van der Waals surface area contributed by atoms with Gasteiger partial charge in [0.05, 0.1) is 17.4 Å². The average Bonchev–Trinajstić information content (AvgIpc) is 2.52. The molecule has 2 rings (SSSR count). The van der Waals surface area contributed by atoms with E-state index >= 15 is 0 Å². The Morgan fingerprint density at radius 3 is 2.70 bits per heavy atom. The molecule has 1 heterocycles.